The number of esters is 1. The molecule has 0 aromatic heterocycles. The van der Waals surface area contributed by atoms with E-state index in [0.29, 0.717) is 16.9 Å². The van der Waals surface area contributed by atoms with Crippen molar-refractivity contribution in [2.24, 2.45) is 0 Å². The Balaban J connectivity index is 2.39. The maximum atomic E-state index is 12.6. The van der Waals surface area contributed by atoms with Gasteiger partial charge in [-0.15, -0.1) is 11.8 Å². The molecular formula is C18H15F3O3S. The topological polar surface area (TPSA) is 35.5 Å². The number of alkyl halides is 3. The Bertz CT molecular complexity index is 751. The minimum absolute atomic E-state index is 0.180. The molecule has 0 fully saturated rings. The molecule has 2 rings (SSSR count). The zero-order valence-electron chi connectivity index (χ0n) is 13.5. The number of halogens is 3. The van der Waals surface area contributed by atoms with Gasteiger partial charge in [0.05, 0.1) is 7.11 Å². The van der Waals surface area contributed by atoms with Gasteiger partial charge in [-0.3, -0.25) is 0 Å². The fraction of sp³-hybridized carbons (Fsp3) is 0.167. The first-order chi connectivity index (χ1) is 11.8. The van der Waals surface area contributed by atoms with Crippen LogP contribution in [0.2, 0.25) is 0 Å². The zero-order valence-corrected chi connectivity index (χ0v) is 14.3. The standard InChI is InChI=1S/C18H15F3O3S/c1-23-14-7-3-12(4-8-14)11-16(24-17(22)18(19,20)21)13-5-9-15(25-2)10-6-13/h3-11H,1-2H3/b16-11-. The molecule has 0 unspecified atom stereocenters. The van der Waals surface area contributed by atoms with Crippen molar-refractivity contribution in [3.63, 3.8) is 0 Å². The third-order valence-electron chi connectivity index (χ3n) is 3.22. The van der Waals surface area contributed by atoms with Crippen molar-refractivity contribution in [2.45, 2.75) is 11.1 Å². The second-order valence-electron chi connectivity index (χ2n) is 4.90. The van der Waals surface area contributed by atoms with Gasteiger partial charge < -0.3 is 9.47 Å². The summed E-state index contributed by atoms with van der Waals surface area (Å²) in [7, 11) is 1.51. The molecular weight excluding hydrogens is 353 g/mol. The van der Waals surface area contributed by atoms with Crippen molar-refractivity contribution in [1.82, 2.24) is 0 Å². The molecule has 7 heteroatoms. The van der Waals surface area contributed by atoms with E-state index in [0.717, 1.165) is 4.90 Å². The minimum Gasteiger partial charge on any atom is -0.497 e. The highest BCUT2D eigenvalue weighted by molar-refractivity contribution is 7.98. The first-order valence-electron chi connectivity index (χ1n) is 7.12. The molecule has 0 aliphatic heterocycles. The molecule has 25 heavy (non-hydrogen) atoms. The summed E-state index contributed by atoms with van der Waals surface area (Å²) >= 11 is 1.49. The van der Waals surface area contributed by atoms with Gasteiger partial charge in [0, 0.05) is 10.5 Å². The van der Waals surface area contributed by atoms with E-state index in [4.69, 9.17) is 4.74 Å². The third kappa shape index (κ3) is 5.29. The number of thioether (sulfide) groups is 1. The Hall–Kier alpha value is -2.41. The molecule has 0 amide bonds. The molecule has 0 spiro atoms. The summed E-state index contributed by atoms with van der Waals surface area (Å²) in [5, 5.41) is 0. The van der Waals surface area contributed by atoms with Crippen LogP contribution in [0, 0.1) is 0 Å². The van der Waals surface area contributed by atoms with Gasteiger partial charge in [0.15, 0.2) is 0 Å². The van der Waals surface area contributed by atoms with Crippen molar-refractivity contribution >= 4 is 29.6 Å². The van der Waals surface area contributed by atoms with Crippen LogP contribution in [0.15, 0.2) is 53.4 Å². The van der Waals surface area contributed by atoms with Crippen molar-refractivity contribution in [2.75, 3.05) is 13.4 Å². The first kappa shape index (κ1) is 18.9. The Morgan fingerprint density at radius 3 is 2.12 bits per heavy atom. The number of carbonyl (C=O) groups is 1. The molecule has 132 valence electrons. The van der Waals surface area contributed by atoms with E-state index in [1.807, 2.05) is 6.26 Å². The lowest BCUT2D eigenvalue weighted by atomic mass is 10.1. The molecule has 0 aliphatic rings. The van der Waals surface area contributed by atoms with Gasteiger partial charge in [-0.2, -0.15) is 13.2 Å². The number of hydrogen-bond acceptors (Lipinski definition) is 4. The fourth-order valence-corrected chi connectivity index (χ4v) is 2.34. The van der Waals surface area contributed by atoms with Gasteiger partial charge in [0.2, 0.25) is 0 Å². The average molecular weight is 368 g/mol. The van der Waals surface area contributed by atoms with E-state index in [-0.39, 0.29) is 5.76 Å². The minimum atomic E-state index is -5.07. The van der Waals surface area contributed by atoms with E-state index in [1.54, 1.807) is 48.5 Å². The van der Waals surface area contributed by atoms with E-state index in [1.165, 1.54) is 24.9 Å². The summed E-state index contributed by atoms with van der Waals surface area (Å²) in [6, 6.07) is 13.3. The summed E-state index contributed by atoms with van der Waals surface area (Å²) < 4.78 is 47.3. The molecule has 0 saturated heterocycles. The maximum Gasteiger partial charge on any atom is 0.491 e. The molecule has 0 N–H and O–H groups in total. The van der Waals surface area contributed by atoms with Crippen LogP contribution in [0.3, 0.4) is 0 Å². The Kier molecular flexibility index (Phi) is 6.14. The van der Waals surface area contributed by atoms with Crippen LogP contribution >= 0.6 is 11.8 Å². The third-order valence-corrected chi connectivity index (χ3v) is 3.97. The Labute approximate surface area is 147 Å². The second-order valence-corrected chi connectivity index (χ2v) is 5.78. The highest BCUT2D eigenvalue weighted by atomic mass is 32.2. The number of rotatable bonds is 5. The highest BCUT2D eigenvalue weighted by Crippen LogP contribution is 2.27. The lowest BCUT2D eigenvalue weighted by Gasteiger charge is -2.12. The van der Waals surface area contributed by atoms with Crippen LogP contribution in [0.1, 0.15) is 11.1 Å². The maximum absolute atomic E-state index is 12.6. The van der Waals surface area contributed by atoms with Crippen molar-refractivity contribution in [3.05, 3.63) is 59.7 Å². The molecule has 0 aliphatic carbocycles. The highest BCUT2D eigenvalue weighted by Gasteiger charge is 2.41. The largest absolute Gasteiger partial charge is 0.497 e. The van der Waals surface area contributed by atoms with Crippen LogP contribution in [-0.4, -0.2) is 25.5 Å². The summed E-state index contributed by atoms with van der Waals surface area (Å²) in [5.74, 6) is -1.84. The summed E-state index contributed by atoms with van der Waals surface area (Å²) in [6.45, 7) is 0. The van der Waals surface area contributed by atoms with Crippen LogP contribution in [-0.2, 0) is 9.53 Å². The number of carbonyl (C=O) groups excluding carboxylic acids is 1. The molecule has 3 nitrogen and oxygen atoms in total. The Morgan fingerprint density at radius 1 is 1.04 bits per heavy atom. The number of hydrogen-bond donors (Lipinski definition) is 0. The normalized spacial score (nSPS) is 12.0. The summed E-state index contributed by atoms with van der Waals surface area (Å²) in [6.07, 6.45) is -1.82. The lowest BCUT2D eigenvalue weighted by Crippen LogP contribution is -2.24. The Morgan fingerprint density at radius 2 is 1.64 bits per heavy atom. The predicted octanol–water partition coefficient (Wildman–Crippen LogP) is 5.02. The van der Waals surface area contributed by atoms with Crippen molar-refractivity contribution in [1.29, 1.82) is 0 Å². The second kappa shape index (κ2) is 8.11. The quantitative estimate of drug-likeness (QED) is 0.321. The average Bonchev–Trinajstić information content (AvgIpc) is 2.61. The van der Waals surface area contributed by atoms with Gasteiger partial charge >= 0.3 is 12.1 Å². The van der Waals surface area contributed by atoms with Gasteiger partial charge in [0.1, 0.15) is 11.5 Å². The molecule has 0 atom stereocenters. The first-order valence-corrected chi connectivity index (χ1v) is 8.35. The van der Waals surface area contributed by atoms with Crippen LogP contribution in [0.5, 0.6) is 5.75 Å². The fourth-order valence-electron chi connectivity index (χ4n) is 1.94. The summed E-state index contributed by atoms with van der Waals surface area (Å²) in [4.78, 5) is 12.2. The lowest BCUT2D eigenvalue weighted by molar-refractivity contribution is -0.192. The molecule has 0 radical (unpaired) electrons. The number of methoxy groups -OCH3 is 1. The zero-order chi connectivity index (χ0) is 18.4. The molecule has 2 aromatic carbocycles. The van der Waals surface area contributed by atoms with Crippen LogP contribution in [0.25, 0.3) is 11.8 Å². The van der Waals surface area contributed by atoms with Crippen LogP contribution < -0.4 is 4.74 Å². The van der Waals surface area contributed by atoms with Gasteiger partial charge in [-0.25, -0.2) is 4.79 Å². The van der Waals surface area contributed by atoms with Crippen molar-refractivity contribution in [3.8, 4) is 5.75 Å². The van der Waals surface area contributed by atoms with Crippen LogP contribution in [0.4, 0.5) is 13.2 Å². The monoisotopic (exact) mass is 368 g/mol. The number of benzene rings is 2. The molecule has 2 aromatic rings. The molecule has 0 saturated carbocycles. The number of ether oxygens (including phenoxy) is 2. The van der Waals surface area contributed by atoms with E-state index in [9.17, 15) is 18.0 Å². The summed E-state index contributed by atoms with van der Waals surface area (Å²) in [5.41, 5.74) is 0.936. The molecule has 0 bridgehead atoms. The van der Waals surface area contributed by atoms with Gasteiger partial charge in [-0.1, -0.05) is 24.3 Å². The van der Waals surface area contributed by atoms with Gasteiger partial charge in [0.25, 0.3) is 0 Å². The van der Waals surface area contributed by atoms with Crippen molar-refractivity contribution < 1.29 is 27.4 Å². The SMILES string of the molecule is COc1ccc(/C=C(\OC(=O)C(F)(F)F)c2ccc(SC)cc2)cc1. The van der Waals surface area contributed by atoms with Gasteiger partial charge in [-0.05, 0) is 42.2 Å². The molecule has 0 heterocycles. The van der Waals surface area contributed by atoms with E-state index < -0.39 is 12.1 Å². The smallest absolute Gasteiger partial charge is 0.491 e. The van der Waals surface area contributed by atoms with E-state index >= 15 is 0 Å². The van der Waals surface area contributed by atoms with E-state index in [2.05, 4.69) is 4.74 Å². The predicted molar refractivity (Wildman–Crippen MR) is 91.2 cm³/mol.